The Labute approximate surface area is 189 Å². The number of aromatic amines is 1. The van der Waals surface area contributed by atoms with E-state index in [9.17, 15) is 9.59 Å². The average Bonchev–Trinajstić information content (AvgIpc) is 2.72. The Morgan fingerprint density at radius 3 is 2.61 bits per heavy atom. The maximum absolute atomic E-state index is 13.0. The smallest absolute Gasteiger partial charge is 0.257 e. The van der Waals surface area contributed by atoms with E-state index in [-0.39, 0.29) is 29.9 Å². The van der Waals surface area contributed by atoms with E-state index in [0.29, 0.717) is 27.3 Å². The molecule has 1 unspecified atom stereocenters. The topological polar surface area (TPSA) is 84.1 Å². The second kappa shape index (κ2) is 9.16. The molecule has 0 fully saturated rings. The van der Waals surface area contributed by atoms with Gasteiger partial charge in [0, 0.05) is 23.1 Å². The minimum atomic E-state index is -0.365. The van der Waals surface area contributed by atoms with Crippen LogP contribution in [-0.2, 0) is 10.5 Å². The zero-order valence-electron chi connectivity index (χ0n) is 17.1. The normalized spacial score (nSPS) is 15.5. The van der Waals surface area contributed by atoms with Crippen molar-refractivity contribution in [2.75, 3.05) is 5.32 Å². The van der Waals surface area contributed by atoms with Gasteiger partial charge in [-0.05, 0) is 43.2 Å². The Bertz CT molecular complexity index is 1160. The number of thioether (sulfide) groups is 1. The van der Waals surface area contributed by atoms with Crippen LogP contribution >= 0.6 is 23.4 Å². The van der Waals surface area contributed by atoms with Crippen molar-refractivity contribution in [3.05, 3.63) is 80.6 Å². The van der Waals surface area contributed by atoms with Crippen LogP contribution < -0.4 is 15.6 Å². The van der Waals surface area contributed by atoms with Gasteiger partial charge in [-0.25, -0.2) is 4.98 Å². The van der Waals surface area contributed by atoms with E-state index in [1.54, 1.807) is 0 Å². The fraction of sp³-hybridized carbons (Fsp3) is 0.261. The van der Waals surface area contributed by atoms with Crippen LogP contribution in [0.3, 0.4) is 0 Å². The molecule has 1 amide bonds. The summed E-state index contributed by atoms with van der Waals surface area (Å²) in [6, 6.07) is 15.0. The summed E-state index contributed by atoms with van der Waals surface area (Å²) in [5.41, 5.74) is 2.04. The molecule has 1 atom stereocenters. The van der Waals surface area contributed by atoms with Gasteiger partial charge in [0.05, 0.1) is 11.7 Å². The molecule has 0 saturated carbocycles. The molecule has 31 heavy (non-hydrogen) atoms. The van der Waals surface area contributed by atoms with Crippen LogP contribution in [0.25, 0.3) is 0 Å². The molecule has 0 spiro atoms. The zero-order chi connectivity index (χ0) is 22.0. The van der Waals surface area contributed by atoms with Crippen molar-refractivity contribution < 1.29 is 9.53 Å². The maximum atomic E-state index is 13.0. The van der Waals surface area contributed by atoms with Crippen molar-refractivity contribution in [3.8, 4) is 5.75 Å². The lowest BCUT2D eigenvalue weighted by molar-refractivity contribution is -0.116. The molecule has 1 aliphatic rings. The molecular weight excluding hydrogens is 434 g/mol. The lowest BCUT2D eigenvalue weighted by Gasteiger charge is -2.24. The highest BCUT2D eigenvalue weighted by Crippen LogP contribution is 2.35. The molecule has 2 N–H and O–H groups in total. The van der Waals surface area contributed by atoms with Crippen LogP contribution in [0.15, 0.2) is 58.5 Å². The van der Waals surface area contributed by atoms with Gasteiger partial charge in [0.15, 0.2) is 5.16 Å². The molecule has 0 aliphatic carbocycles. The molecule has 3 aromatic rings. The van der Waals surface area contributed by atoms with E-state index in [0.717, 1.165) is 16.9 Å². The Hall–Kier alpha value is -2.77. The first-order valence-corrected chi connectivity index (χ1v) is 11.3. The zero-order valence-corrected chi connectivity index (χ0v) is 18.7. The Morgan fingerprint density at radius 2 is 1.90 bits per heavy atom. The van der Waals surface area contributed by atoms with Gasteiger partial charge in [0.25, 0.3) is 5.56 Å². The number of benzene rings is 2. The van der Waals surface area contributed by atoms with Crippen molar-refractivity contribution in [2.24, 2.45) is 0 Å². The predicted octanol–water partition coefficient (Wildman–Crippen LogP) is 4.98. The van der Waals surface area contributed by atoms with E-state index < -0.39 is 0 Å². The largest absolute Gasteiger partial charge is 0.491 e. The number of anilines is 1. The van der Waals surface area contributed by atoms with Gasteiger partial charge in [-0.3, -0.25) is 9.59 Å². The predicted molar refractivity (Wildman–Crippen MR) is 123 cm³/mol. The van der Waals surface area contributed by atoms with E-state index in [1.165, 1.54) is 11.8 Å². The SMILES string of the molecule is CC(C)Oc1ccc(C2CC(=O)Nc3nc(SCc4ccccc4Cl)[nH]c(=O)c32)cc1. The van der Waals surface area contributed by atoms with E-state index >= 15 is 0 Å². The highest BCUT2D eigenvalue weighted by atomic mass is 35.5. The summed E-state index contributed by atoms with van der Waals surface area (Å²) < 4.78 is 5.69. The molecule has 1 aromatic heterocycles. The Balaban J connectivity index is 1.61. The second-order valence-corrected chi connectivity index (χ2v) is 8.93. The van der Waals surface area contributed by atoms with Crippen molar-refractivity contribution >= 4 is 35.1 Å². The monoisotopic (exact) mass is 455 g/mol. The lowest BCUT2D eigenvalue weighted by atomic mass is 9.87. The molecule has 160 valence electrons. The summed E-state index contributed by atoms with van der Waals surface area (Å²) in [6.07, 6.45) is 0.259. The first kappa shape index (κ1) is 21.5. The highest BCUT2D eigenvalue weighted by Gasteiger charge is 2.31. The van der Waals surface area contributed by atoms with E-state index in [4.69, 9.17) is 16.3 Å². The van der Waals surface area contributed by atoms with Crippen molar-refractivity contribution in [2.45, 2.75) is 43.2 Å². The molecule has 0 saturated heterocycles. The molecule has 2 heterocycles. The van der Waals surface area contributed by atoms with Gasteiger partial charge < -0.3 is 15.0 Å². The molecule has 2 aromatic carbocycles. The summed E-state index contributed by atoms with van der Waals surface area (Å²) in [5, 5.41) is 3.85. The fourth-order valence-electron chi connectivity index (χ4n) is 3.52. The number of rotatable bonds is 6. The second-order valence-electron chi connectivity index (χ2n) is 7.55. The third-order valence-corrected chi connectivity index (χ3v) is 6.20. The van der Waals surface area contributed by atoms with Gasteiger partial charge in [0.2, 0.25) is 5.91 Å². The molecule has 4 rings (SSSR count). The van der Waals surface area contributed by atoms with Crippen LogP contribution in [0, 0.1) is 0 Å². The number of amides is 1. The van der Waals surface area contributed by atoms with Crippen LogP contribution in [0.1, 0.15) is 42.9 Å². The van der Waals surface area contributed by atoms with Crippen LogP contribution in [0.4, 0.5) is 5.82 Å². The highest BCUT2D eigenvalue weighted by molar-refractivity contribution is 7.98. The number of ether oxygens (including phenoxy) is 1. The van der Waals surface area contributed by atoms with Crippen molar-refractivity contribution in [3.63, 3.8) is 0 Å². The standard InChI is InChI=1S/C23H22ClN3O3S/c1-13(2)30-16-9-7-14(8-10-16)17-11-19(28)25-21-20(17)22(29)27-23(26-21)31-12-15-5-3-4-6-18(15)24/h3-10,13,17H,11-12H2,1-2H3,(H2,25,26,27,28,29). The average molecular weight is 456 g/mol. The number of hydrogen-bond donors (Lipinski definition) is 2. The summed E-state index contributed by atoms with van der Waals surface area (Å²) in [5.74, 6) is 1.08. The van der Waals surface area contributed by atoms with Crippen LogP contribution in [-0.4, -0.2) is 22.0 Å². The number of H-pyrrole nitrogens is 1. The van der Waals surface area contributed by atoms with Gasteiger partial charge in [-0.1, -0.05) is 53.7 Å². The van der Waals surface area contributed by atoms with Crippen LogP contribution in [0.5, 0.6) is 5.75 Å². The summed E-state index contributed by atoms with van der Waals surface area (Å²) >= 11 is 7.57. The number of fused-ring (bicyclic) bond motifs is 1. The molecule has 0 bridgehead atoms. The number of halogens is 1. The number of carbonyl (C=O) groups excluding carboxylic acids is 1. The van der Waals surface area contributed by atoms with E-state index in [1.807, 2.05) is 62.4 Å². The number of carbonyl (C=O) groups is 1. The van der Waals surface area contributed by atoms with E-state index in [2.05, 4.69) is 15.3 Å². The lowest BCUT2D eigenvalue weighted by Crippen LogP contribution is -2.31. The van der Waals surface area contributed by atoms with Crippen molar-refractivity contribution in [1.29, 1.82) is 0 Å². The van der Waals surface area contributed by atoms with Gasteiger partial charge in [-0.2, -0.15) is 0 Å². The third kappa shape index (κ3) is 4.94. The quantitative estimate of drug-likeness (QED) is 0.404. The summed E-state index contributed by atoms with van der Waals surface area (Å²) in [6.45, 7) is 3.92. The first-order valence-electron chi connectivity index (χ1n) is 9.97. The maximum Gasteiger partial charge on any atom is 0.257 e. The first-order chi connectivity index (χ1) is 14.9. The van der Waals surface area contributed by atoms with Gasteiger partial charge in [0.1, 0.15) is 11.6 Å². The molecule has 8 heteroatoms. The number of nitrogens with one attached hydrogen (secondary N) is 2. The molecule has 6 nitrogen and oxygen atoms in total. The van der Waals surface area contributed by atoms with Crippen molar-refractivity contribution in [1.82, 2.24) is 9.97 Å². The Morgan fingerprint density at radius 1 is 1.16 bits per heavy atom. The summed E-state index contributed by atoms with van der Waals surface area (Å²) in [4.78, 5) is 32.7. The minimum absolute atomic E-state index is 0.0702. The van der Waals surface area contributed by atoms with Crippen LogP contribution in [0.2, 0.25) is 5.02 Å². The van der Waals surface area contributed by atoms with Gasteiger partial charge >= 0.3 is 0 Å². The summed E-state index contributed by atoms with van der Waals surface area (Å²) in [7, 11) is 0. The number of hydrogen-bond acceptors (Lipinski definition) is 5. The molecule has 0 radical (unpaired) electrons. The number of aromatic nitrogens is 2. The van der Waals surface area contributed by atoms with Gasteiger partial charge in [-0.15, -0.1) is 0 Å². The minimum Gasteiger partial charge on any atom is -0.491 e. The molecular formula is C23H22ClN3O3S. The third-order valence-electron chi connectivity index (χ3n) is 4.91. The Kier molecular flexibility index (Phi) is 6.34. The molecule has 1 aliphatic heterocycles. The fourth-order valence-corrected chi connectivity index (χ4v) is 4.66. The number of nitrogens with zero attached hydrogens (tertiary/aromatic N) is 1.